The van der Waals surface area contributed by atoms with E-state index in [2.05, 4.69) is 23.6 Å². The molecule has 2 heteroatoms. The largest absolute Gasteiger partial charge is 0.300 e. The maximum Gasteiger partial charge on any atom is 0.00972 e. The summed E-state index contributed by atoms with van der Waals surface area (Å²) in [4.78, 5) is 5.45. The molecule has 2 heterocycles. The van der Waals surface area contributed by atoms with Crippen molar-refractivity contribution in [2.75, 3.05) is 26.2 Å². The maximum absolute atomic E-state index is 2.77. The predicted molar refractivity (Wildman–Crippen MR) is 67.6 cm³/mol. The van der Waals surface area contributed by atoms with Gasteiger partial charge in [0.15, 0.2) is 0 Å². The Kier molecular flexibility index (Phi) is 2.75. The molecule has 92 valence electrons. The monoisotopic (exact) mass is 222 g/mol. The first-order valence-electron chi connectivity index (χ1n) is 7.17. The average Bonchev–Trinajstić information content (AvgIpc) is 2.84. The lowest BCUT2D eigenvalue weighted by Crippen LogP contribution is -2.60. The molecule has 0 atom stereocenters. The van der Waals surface area contributed by atoms with Crippen LogP contribution in [-0.2, 0) is 0 Å². The normalized spacial score (nSPS) is 31.7. The van der Waals surface area contributed by atoms with Gasteiger partial charge in [-0.1, -0.05) is 12.8 Å². The molecule has 0 aromatic heterocycles. The van der Waals surface area contributed by atoms with Crippen LogP contribution in [0.1, 0.15) is 46.0 Å². The highest BCUT2D eigenvalue weighted by atomic mass is 15.3. The molecule has 0 amide bonds. The highest BCUT2D eigenvalue weighted by Gasteiger charge is 2.49. The number of likely N-dealkylation sites (tertiary alicyclic amines) is 2. The molecule has 2 saturated heterocycles. The van der Waals surface area contributed by atoms with Crippen molar-refractivity contribution in [3.05, 3.63) is 0 Å². The van der Waals surface area contributed by atoms with Gasteiger partial charge in [-0.2, -0.15) is 0 Å². The van der Waals surface area contributed by atoms with E-state index < -0.39 is 0 Å². The molecule has 0 bridgehead atoms. The van der Waals surface area contributed by atoms with E-state index in [9.17, 15) is 0 Å². The first-order chi connectivity index (χ1) is 7.69. The molecule has 1 aliphatic carbocycles. The minimum Gasteiger partial charge on any atom is -0.300 e. The van der Waals surface area contributed by atoms with E-state index in [0.717, 1.165) is 12.1 Å². The molecule has 0 unspecified atom stereocenters. The highest BCUT2D eigenvalue weighted by Crippen LogP contribution is 2.43. The third-order valence-corrected chi connectivity index (χ3v) is 5.12. The Labute approximate surface area is 100.0 Å². The van der Waals surface area contributed by atoms with E-state index in [1.54, 1.807) is 0 Å². The molecule has 2 nitrogen and oxygen atoms in total. The second-order valence-electron chi connectivity index (χ2n) is 6.66. The quantitative estimate of drug-likeness (QED) is 0.707. The van der Waals surface area contributed by atoms with Crippen LogP contribution in [0, 0.1) is 5.41 Å². The summed E-state index contributed by atoms with van der Waals surface area (Å²) in [5.74, 6) is 0. The first-order valence-corrected chi connectivity index (χ1v) is 7.17. The molecule has 1 spiro atoms. The molecule has 0 N–H and O–H groups in total. The zero-order valence-electron chi connectivity index (χ0n) is 10.9. The Morgan fingerprint density at radius 1 is 1.06 bits per heavy atom. The Hall–Kier alpha value is -0.0800. The van der Waals surface area contributed by atoms with Crippen molar-refractivity contribution < 1.29 is 0 Å². The van der Waals surface area contributed by atoms with Crippen molar-refractivity contribution in [1.82, 2.24) is 9.80 Å². The fourth-order valence-corrected chi connectivity index (χ4v) is 4.01. The first kappa shape index (κ1) is 11.0. The van der Waals surface area contributed by atoms with Crippen molar-refractivity contribution in [3.63, 3.8) is 0 Å². The van der Waals surface area contributed by atoms with Gasteiger partial charge in [-0.3, -0.25) is 4.90 Å². The lowest BCUT2D eigenvalue weighted by atomic mass is 9.78. The molecule has 2 aliphatic heterocycles. The number of rotatable bonds is 2. The van der Waals surface area contributed by atoms with E-state index in [1.165, 1.54) is 58.3 Å². The Balaban J connectivity index is 1.52. The van der Waals surface area contributed by atoms with E-state index >= 15 is 0 Å². The van der Waals surface area contributed by atoms with Gasteiger partial charge in [0.1, 0.15) is 0 Å². The summed E-state index contributed by atoms with van der Waals surface area (Å²) >= 11 is 0. The Morgan fingerprint density at radius 3 is 2.31 bits per heavy atom. The van der Waals surface area contributed by atoms with Crippen molar-refractivity contribution in [1.29, 1.82) is 0 Å². The van der Waals surface area contributed by atoms with Gasteiger partial charge in [0, 0.05) is 37.1 Å². The van der Waals surface area contributed by atoms with Gasteiger partial charge in [-0.05, 0) is 39.7 Å². The van der Waals surface area contributed by atoms with Crippen LogP contribution in [-0.4, -0.2) is 48.1 Å². The topological polar surface area (TPSA) is 6.48 Å². The molecule has 0 radical (unpaired) electrons. The second-order valence-corrected chi connectivity index (χ2v) is 6.66. The molecule has 3 rings (SSSR count). The van der Waals surface area contributed by atoms with Crippen LogP contribution in [0.4, 0.5) is 0 Å². The van der Waals surface area contributed by atoms with Crippen molar-refractivity contribution >= 4 is 0 Å². The average molecular weight is 222 g/mol. The Bertz CT molecular complexity index is 249. The summed E-state index contributed by atoms with van der Waals surface area (Å²) in [5.41, 5.74) is 0.701. The van der Waals surface area contributed by atoms with E-state index in [-0.39, 0.29) is 0 Å². The zero-order chi connectivity index (χ0) is 11.2. The second kappa shape index (κ2) is 3.99. The van der Waals surface area contributed by atoms with E-state index in [0.29, 0.717) is 5.41 Å². The van der Waals surface area contributed by atoms with Gasteiger partial charge in [0.05, 0.1) is 0 Å². The predicted octanol–water partition coefficient (Wildman–Crippen LogP) is 2.35. The van der Waals surface area contributed by atoms with Gasteiger partial charge in [0.2, 0.25) is 0 Å². The summed E-state index contributed by atoms with van der Waals surface area (Å²) in [5, 5.41) is 0. The van der Waals surface area contributed by atoms with Gasteiger partial charge in [0.25, 0.3) is 0 Å². The van der Waals surface area contributed by atoms with Crippen LogP contribution in [0.3, 0.4) is 0 Å². The lowest BCUT2D eigenvalue weighted by Gasteiger charge is -2.51. The molecule has 3 aliphatic rings. The third-order valence-electron chi connectivity index (χ3n) is 5.12. The molecular formula is C14H26N2. The zero-order valence-corrected chi connectivity index (χ0v) is 10.9. The summed E-state index contributed by atoms with van der Waals surface area (Å²) < 4.78 is 0. The van der Waals surface area contributed by atoms with Crippen molar-refractivity contribution in [2.45, 2.75) is 58.0 Å². The summed E-state index contributed by atoms with van der Waals surface area (Å²) in [6.07, 6.45) is 7.36. The molecule has 3 fully saturated rings. The maximum atomic E-state index is 2.77. The van der Waals surface area contributed by atoms with Gasteiger partial charge >= 0.3 is 0 Å². The standard InChI is InChI=1S/C14H26N2/c1-12(2)15-8-7-14(9-15)10-16(11-14)13-5-3-4-6-13/h12-13H,3-11H2,1-2H3. The molecule has 0 aromatic rings. The Morgan fingerprint density at radius 2 is 1.75 bits per heavy atom. The summed E-state index contributed by atoms with van der Waals surface area (Å²) in [6.45, 7) is 10.2. The minimum atomic E-state index is 0.701. The van der Waals surface area contributed by atoms with Crippen LogP contribution < -0.4 is 0 Å². The van der Waals surface area contributed by atoms with Crippen molar-refractivity contribution in [2.24, 2.45) is 5.41 Å². The molecule has 1 saturated carbocycles. The smallest absolute Gasteiger partial charge is 0.00972 e. The van der Waals surface area contributed by atoms with E-state index in [4.69, 9.17) is 0 Å². The minimum absolute atomic E-state index is 0.701. The number of hydrogen-bond donors (Lipinski definition) is 0. The number of nitrogens with zero attached hydrogens (tertiary/aromatic N) is 2. The third kappa shape index (κ3) is 1.80. The fourth-order valence-electron chi connectivity index (χ4n) is 4.01. The summed E-state index contributed by atoms with van der Waals surface area (Å²) in [6, 6.07) is 1.71. The number of hydrogen-bond acceptors (Lipinski definition) is 2. The molecular weight excluding hydrogens is 196 g/mol. The van der Waals surface area contributed by atoms with E-state index in [1.807, 2.05) is 0 Å². The van der Waals surface area contributed by atoms with Crippen molar-refractivity contribution in [3.8, 4) is 0 Å². The van der Waals surface area contributed by atoms with Crippen LogP contribution >= 0.6 is 0 Å². The SMILES string of the molecule is CC(C)N1CCC2(C1)CN(C1CCCC1)C2. The van der Waals surface area contributed by atoms with Gasteiger partial charge in [-0.25, -0.2) is 0 Å². The van der Waals surface area contributed by atoms with Crippen LogP contribution in [0.5, 0.6) is 0 Å². The van der Waals surface area contributed by atoms with Gasteiger partial charge in [-0.15, -0.1) is 0 Å². The highest BCUT2D eigenvalue weighted by molar-refractivity contribution is 5.03. The van der Waals surface area contributed by atoms with Crippen LogP contribution in [0.25, 0.3) is 0 Å². The summed E-state index contributed by atoms with van der Waals surface area (Å²) in [7, 11) is 0. The van der Waals surface area contributed by atoms with Crippen LogP contribution in [0.2, 0.25) is 0 Å². The van der Waals surface area contributed by atoms with Gasteiger partial charge < -0.3 is 4.90 Å². The molecule has 0 aromatic carbocycles. The lowest BCUT2D eigenvalue weighted by molar-refractivity contribution is -0.0239. The van der Waals surface area contributed by atoms with Crippen LogP contribution in [0.15, 0.2) is 0 Å². The molecule has 16 heavy (non-hydrogen) atoms. The fraction of sp³-hybridized carbons (Fsp3) is 1.00.